The van der Waals surface area contributed by atoms with Crippen LogP contribution in [0.4, 0.5) is 5.82 Å². The number of nitrogens with two attached hydrogens (primary N) is 1. The second kappa shape index (κ2) is 23.9. The summed E-state index contributed by atoms with van der Waals surface area (Å²) in [6.45, 7) is 7.91. The van der Waals surface area contributed by atoms with Crippen LogP contribution >= 0.6 is 0 Å². The Hall–Kier alpha value is -3.58. The minimum Gasteiger partial charge on any atom is -0.491 e. The first kappa shape index (κ1) is 41.2. The molecule has 4 rings (SSSR count). The Morgan fingerprint density at radius 3 is 2.25 bits per heavy atom. The SMILES string of the molecule is COC(=O)CC(CN(C)CCCCc1ccc2c(n1)N(C)CCC2)c1cccc(-c2ccc(OCCOCCOCCOCCOCCN)cc2)c1. The first-order valence-corrected chi connectivity index (χ1v) is 18.8. The van der Waals surface area contributed by atoms with Gasteiger partial charge in [-0.3, -0.25) is 4.79 Å². The highest BCUT2D eigenvalue weighted by Gasteiger charge is 2.20. The lowest BCUT2D eigenvalue weighted by Crippen LogP contribution is -2.27. The van der Waals surface area contributed by atoms with E-state index >= 15 is 0 Å². The van der Waals surface area contributed by atoms with Crippen LogP contribution in [-0.4, -0.2) is 123 Å². The molecule has 0 bridgehead atoms. The van der Waals surface area contributed by atoms with Gasteiger partial charge in [-0.25, -0.2) is 4.98 Å². The smallest absolute Gasteiger partial charge is 0.306 e. The van der Waals surface area contributed by atoms with E-state index in [4.69, 9.17) is 39.1 Å². The lowest BCUT2D eigenvalue weighted by molar-refractivity contribution is -0.141. The van der Waals surface area contributed by atoms with E-state index in [-0.39, 0.29) is 11.9 Å². The lowest BCUT2D eigenvalue weighted by atomic mass is 9.92. The third-order valence-electron chi connectivity index (χ3n) is 9.13. The van der Waals surface area contributed by atoms with Crippen molar-refractivity contribution in [1.82, 2.24) is 9.88 Å². The van der Waals surface area contributed by atoms with E-state index < -0.39 is 0 Å². The van der Waals surface area contributed by atoms with Gasteiger partial charge in [-0.2, -0.15) is 0 Å². The van der Waals surface area contributed by atoms with Crippen molar-refractivity contribution >= 4 is 11.8 Å². The minimum absolute atomic E-state index is 0.0169. The number of rotatable bonds is 26. The average molecular weight is 721 g/mol. The molecule has 1 atom stereocenters. The van der Waals surface area contributed by atoms with Gasteiger partial charge in [0.1, 0.15) is 18.2 Å². The Morgan fingerprint density at radius 2 is 1.56 bits per heavy atom. The predicted octanol–water partition coefficient (Wildman–Crippen LogP) is 5.14. The van der Waals surface area contributed by atoms with E-state index in [9.17, 15) is 4.79 Å². The molecule has 1 aliphatic heterocycles. The van der Waals surface area contributed by atoms with E-state index in [0.29, 0.717) is 72.4 Å². The molecule has 2 N–H and O–H groups in total. The van der Waals surface area contributed by atoms with Crippen LogP contribution in [0.3, 0.4) is 0 Å². The molecule has 2 aromatic carbocycles. The summed E-state index contributed by atoms with van der Waals surface area (Å²) in [6, 6.07) is 21.0. The van der Waals surface area contributed by atoms with E-state index in [1.807, 2.05) is 12.1 Å². The maximum atomic E-state index is 12.5. The number of unbranched alkanes of at least 4 members (excludes halogenated alkanes) is 1. The number of nitrogens with zero attached hydrogens (tertiary/aromatic N) is 3. The van der Waals surface area contributed by atoms with Crippen molar-refractivity contribution in [3.8, 4) is 16.9 Å². The van der Waals surface area contributed by atoms with Gasteiger partial charge >= 0.3 is 5.97 Å². The molecule has 1 unspecified atom stereocenters. The van der Waals surface area contributed by atoms with Crippen LogP contribution in [-0.2, 0) is 41.3 Å². The maximum absolute atomic E-state index is 12.5. The Morgan fingerprint density at radius 1 is 0.865 bits per heavy atom. The largest absolute Gasteiger partial charge is 0.491 e. The molecule has 0 saturated heterocycles. The molecule has 0 amide bonds. The molecule has 11 nitrogen and oxygen atoms in total. The second-order valence-corrected chi connectivity index (χ2v) is 13.2. The standard InChI is InChI=1S/C41H60N4O7/c1-44(19-5-4-11-38-15-12-34-10-7-20-45(2)41(34)43-38)32-37(31-40(46)47-3)36-9-6-8-35(30-36)33-13-16-39(17-14-33)52-29-28-51-27-26-50-25-24-49-23-22-48-21-18-42/h6,8-9,12-17,30,37H,4-5,7,10-11,18-29,31-32,42H2,1-3H3. The third kappa shape index (κ3) is 14.8. The molecule has 0 aliphatic carbocycles. The average Bonchev–Trinajstić information content (AvgIpc) is 3.17. The van der Waals surface area contributed by atoms with Crippen molar-refractivity contribution in [2.24, 2.45) is 5.73 Å². The number of methoxy groups -OCH3 is 1. The summed E-state index contributed by atoms with van der Waals surface area (Å²) in [5.41, 5.74) is 11.2. The molecule has 0 radical (unpaired) electrons. The van der Waals surface area contributed by atoms with E-state index in [1.165, 1.54) is 24.8 Å². The highest BCUT2D eigenvalue weighted by Crippen LogP contribution is 2.29. The number of esters is 1. The number of hydrogen-bond acceptors (Lipinski definition) is 11. The summed E-state index contributed by atoms with van der Waals surface area (Å²) < 4.78 is 32.8. The summed E-state index contributed by atoms with van der Waals surface area (Å²) in [7, 11) is 5.73. The summed E-state index contributed by atoms with van der Waals surface area (Å²) in [6.07, 6.45) is 5.76. The van der Waals surface area contributed by atoms with Crippen LogP contribution in [0, 0.1) is 0 Å². The van der Waals surface area contributed by atoms with Crippen molar-refractivity contribution in [1.29, 1.82) is 0 Å². The predicted molar refractivity (Wildman–Crippen MR) is 205 cm³/mol. The summed E-state index contributed by atoms with van der Waals surface area (Å²) in [5, 5.41) is 0. The Balaban J connectivity index is 1.17. The number of anilines is 1. The fourth-order valence-corrected chi connectivity index (χ4v) is 6.30. The molecular formula is C41H60N4O7. The zero-order valence-corrected chi connectivity index (χ0v) is 31.6. The lowest BCUT2D eigenvalue weighted by Gasteiger charge is -2.26. The Labute approximate surface area is 310 Å². The number of pyridine rings is 1. The fraction of sp³-hybridized carbons (Fsp3) is 0.561. The Bertz CT molecular complexity index is 1440. The molecular weight excluding hydrogens is 660 g/mol. The molecule has 11 heteroatoms. The number of fused-ring (bicyclic) bond motifs is 1. The summed E-state index contributed by atoms with van der Waals surface area (Å²) in [4.78, 5) is 22.0. The summed E-state index contributed by atoms with van der Waals surface area (Å²) >= 11 is 0. The van der Waals surface area contributed by atoms with Crippen molar-refractivity contribution in [3.63, 3.8) is 0 Å². The zero-order chi connectivity index (χ0) is 36.8. The number of ether oxygens (including phenoxy) is 6. The number of aryl methyl sites for hydroxylation is 2. The number of aromatic nitrogens is 1. The molecule has 0 fully saturated rings. The molecule has 2 heterocycles. The molecule has 1 aromatic heterocycles. The number of hydrogen-bond donors (Lipinski definition) is 1. The van der Waals surface area contributed by atoms with Crippen molar-refractivity contribution in [2.75, 3.05) is 112 Å². The highest BCUT2D eigenvalue weighted by atomic mass is 16.6. The number of benzene rings is 2. The topological polar surface area (TPSA) is 118 Å². The molecule has 1 aliphatic rings. The molecule has 52 heavy (non-hydrogen) atoms. The van der Waals surface area contributed by atoms with Gasteiger partial charge in [0.25, 0.3) is 0 Å². The van der Waals surface area contributed by atoms with E-state index in [1.54, 1.807) is 0 Å². The van der Waals surface area contributed by atoms with E-state index in [2.05, 4.69) is 72.4 Å². The second-order valence-electron chi connectivity index (χ2n) is 13.2. The normalized spacial score (nSPS) is 13.3. The first-order valence-electron chi connectivity index (χ1n) is 18.8. The van der Waals surface area contributed by atoms with Gasteiger partial charge in [0.05, 0.1) is 66.4 Å². The Kier molecular flexibility index (Phi) is 18.9. The quantitative estimate of drug-likeness (QED) is 0.0878. The fourth-order valence-electron chi connectivity index (χ4n) is 6.30. The molecule has 3 aromatic rings. The monoisotopic (exact) mass is 720 g/mol. The van der Waals surface area contributed by atoms with E-state index in [0.717, 1.165) is 73.6 Å². The van der Waals surface area contributed by atoms with Crippen LogP contribution in [0.1, 0.15) is 48.4 Å². The summed E-state index contributed by atoms with van der Waals surface area (Å²) in [5.74, 6) is 1.75. The van der Waals surface area contributed by atoms with Crippen LogP contribution in [0.5, 0.6) is 5.75 Å². The first-order chi connectivity index (χ1) is 25.5. The van der Waals surface area contributed by atoms with Gasteiger partial charge in [-0.15, -0.1) is 0 Å². The molecule has 0 spiro atoms. The van der Waals surface area contributed by atoms with Crippen LogP contribution in [0.2, 0.25) is 0 Å². The van der Waals surface area contributed by atoms with Crippen LogP contribution in [0.25, 0.3) is 11.1 Å². The van der Waals surface area contributed by atoms with Gasteiger partial charge in [0, 0.05) is 38.3 Å². The zero-order valence-electron chi connectivity index (χ0n) is 31.6. The van der Waals surface area contributed by atoms with Crippen molar-refractivity contribution in [2.45, 2.75) is 44.4 Å². The van der Waals surface area contributed by atoms with Gasteiger partial charge in [-0.05, 0) is 86.1 Å². The highest BCUT2D eigenvalue weighted by molar-refractivity contribution is 5.71. The minimum atomic E-state index is -0.198. The number of likely N-dealkylation sites (N-methyl/N-ethyl adjacent to an activating group) is 1. The van der Waals surface area contributed by atoms with Gasteiger partial charge in [0.2, 0.25) is 0 Å². The molecule has 0 saturated carbocycles. The van der Waals surface area contributed by atoms with Gasteiger partial charge in [-0.1, -0.05) is 42.5 Å². The van der Waals surface area contributed by atoms with Crippen molar-refractivity contribution < 1.29 is 33.2 Å². The van der Waals surface area contributed by atoms with Crippen molar-refractivity contribution in [3.05, 3.63) is 77.5 Å². The van der Waals surface area contributed by atoms with Gasteiger partial charge < -0.3 is 44.0 Å². The van der Waals surface area contributed by atoms with Crippen LogP contribution in [0.15, 0.2) is 60.7 Å². The third-order valence-corrected chi connectivity index (χ3v) is 9.13. The van der Waals surface area contributed by atoms with Crippen LogP contribution < -0.4 is 15.4 Å². The maximum Gasteiger partial charge on any atom is 0.306 e. The number of carbonyl (C=O) groups excluding carboxylic acids is 1. The van der Waals surface area contributed by atoms with Gasteiger partial charge in [0.15, 0.2) is 0 Å². The molecule has 286 valence electrons. The number of carbonyl (C=O) groups is 1.